The molecule has 0 heterocycles. The van der Waals surface area contributed by atoms with E-state index in [2.05, 4.69) is 0 Å². The van der Waals surface area contributed by atoms with E-state index in [0.717, 1.165) is 29.7 Å². The number of carbonyl (C=O) groups excluding carboxylic acids is 1. The van der Waals surface area contributed by atoms with Gasteiger partial charge < -0.3 is 4.74 Å². The van der Waals surface area contributed by atoms with E-state index in [1.54, 1.807) is 13.0 Å². The number of Topliss-reactive ketones (excluding diaryl/α,β-unsaturated/α-hetero) is 1. The zero-order valence-electron chi connectivity index (χ0n) is 14.3. The minimum Gasteiger partial charge on any atom is -0.489 e. The molecule has 1 aliphatic rings. The van der Waals surface area contributed by atoms with Crippen LogP contribution in [-0.4, -0.2) is 5.78 Å². The SMILES string of the molecule is CC(=O)C(c1ccc(OCc2ccc(Cl)c(Cl)c2)cc1)C1CCCC1. The average Bonchev–Trinajstić information content (AvgIpc) is 3.11. The van der Waals surface area contributed by atoms with Crippen molar-refractivity contribution in [3.05, 3.63) is 63.6 Å². The molecule has 1 atom stereocenters. The van der Waals surface area contributed by atoms with Crippen LogP contribution in [0.5, 0.6) is 5.75 Å². The zero-order chi connectivity index (χ0) is 17.8. The molecular formula is C21H22Cl2O2. The smallest absolute Gasteiger partial charge is 0.137 e. The highest BCUT2D eigenvalue weighted by Gasteiger charge is 2.29. The molecule has 0 spiro atoms. The molecule has 0 radical (unpaired) electrons. The van der Waals surface area contributed by atoms with Gasteiger partial charge in [-0.25, -0.2) is 0 Å². The van der Waals surface area contributed by atoms with Crippen LogP contribution in [0.1, 0.15) is 49.7 Å². The lowest BCUT2D eigenvalue weighted by Gasteiger charge is -2.21. The summed E-state index contributed by atoms with van der Waals surface area (Å²) >= 11 is 11.9. The summed E-state index contributed by atoms with van der Waals surface area (Å²) in [5, 5.41) is 1.07. The van der Waals surface area contributed by atoms with E-state index in [1.807, 2.05) is 36.4 Å². The first kappa shape index (κ1) is 18.3. The highest BCUT2D eigenvalue weighted by molar-refractivity contribution is 6.42. The molecule has 0 aromatic heterocycles. The van der Waals surface area contributed by atoms with E-state index in [1.165, 1.54) is 12.8 Å². The third kappa shape index (κ3) is 4.56. The maximum absolute atomic E-state index is 12.1. The Morgan fingerprint density at radius 1 is 1.08 bits per heavy atom. The quantitative estimate of drug-likeness (QED) is 0.579. The van der Waals surface area contributed by atoms with Gasteiger partial charge in [0.2, 0.25) is 0 Å². The van der Waals surface area contributed by atoms with Crippen molar-refractivity contribution >= 4 is 29.0 Å². The van der Waals surface area contributed by atoms with Crippen LogP contribution in [0.3, 0.4) is 0 Å². The first-order valence-corrected chi connectivity index (χ1v) is 9.47. The lowest BCUT2D eigenvalue weighted by molar-refractivity contribution is -0.119. The molecule has 25 heavy (non-hydrogen) atoms. The molecule has 1 aliphatic carbocycles. The standard InChI is InChI=1S/C21H22Cl2O2/c1-14(24)21(16-4-2-3-5-16)17-7-9-18(10-8-17)25-13-15-6-11-19(22)20(23)12-15/h6-12,16,21H,2-5,13H2,1H3. The molecular weight excluding hydrogens is 355 g/mol. The summed E-state index contributed by atoms with van der Waals surface area (Å²) in [6, 6.07) is 13.4. The predicted molar refractivity (Wildman–Crippen MR) is 103 cm³/mol. The highest BCUT2D eigenvalue weighted by atomic mass is 35.5. The second kappa shape index (κ2) is 8.25. The summed E-state index contributed by atoms with van der Waals surface area (Å²) in [7, 11) is 0. The Balaban J connectivity index is 1.66. The Morgan fingerprint density at radius 2 is 1.76 bits per heavy atom. The fraction of sp³-hybridized carbons (Fsp3) is 0.381. The van der Waals surface area contributed by atoms with Gasteiger partial charge >= 0.3 is 0 Å². The molecule has 0 aliphatic heterocycles. The summed E-state index contributed by atoms with van der Waals surface area (Å²) in [5.74, 6) is 1.55. The van der Waals surface area contributed by atoms with Crippen LogP contribution in [0.25, 0.3) is 0 Å². The third-order valence-electron chi connectivity index (χ3n) is 4.94. The van der Waals surface area contributed by atoms with E-state index in [4.69, 9.17) is 27.9 Å². The topological polar surface area (TPSA) is 26.3 Å². The number of carbonyl (C=O) groups is 1. The number of halogens is 2. The van der Waals surface area contributed by atoms with Crippen molar-refractivity contribution in [2.24, 2.45) is 5.92 Å². The summed E-state index contributed by atoms with van der Waals surface area (Å²) < 4.78 is 5.82. The van der Waals surface area contributed by atoms with Crippen molar-refractivity contribution in [3.63, 3.8) is 0 Å². The molecule has 1 fully saturated rings. The zero-order valence-corrected chi connectivity index (χ0v) is 15.8. The Morgan fingerprint density at radius 3 is 2.36 bits per heavy atom. The van der Waals surface area contributed by atoms with Crippen molar-refractivity contribution in [3.8, 4) is 5.75 Å². The normalized spacial score (nSPS) is 16.0. The largest absolute Gasteiger partial charge is 0.489 e. The summed E-state index contributed by atoms with van der Waals surface area (Å²) in [5.41, 5.74) is 2.06. The minimum atomic E-state index is 0.0200. The number of ether oxygens (including phenoxy) is 1. The Hall–Kier alpha value is -1.51. The van der Waals surface area contributed by atoms with Gasteiger partial charge in [0.05, 0.1) is 10.0 Å². The molecule has 0 N–H and O–H groups in total. The molecule has 2 nitrogen and oxygen atoms in total. The van der Waals surface area contributed by atoms with Gasteiger partial charge in [0.1, 0.15) is 18.1 Å². The van der Waals surface area contributed by atoms with Crippen LogP contribution < -0.4 is 4.74 Å². The summed E-state index contributed by atoms with van der Waals surface area (Å²) in [6.45, 7) is 2.13. The molecule has 0 bridgehead atoms. The Kier molecular flexibility index (Phi) is 6.03. The van der Waals surface area contributed by atoms with E-state index in [-0.39, 0.29) is 11.7 Å². The van der Waals surface area contributed by atoms with Crippen molar-refractivity contribution in [2.45, 2.75) is 45.1 Å². The molecule has 2 aromatic carbocycles. The van der Waals surface area contributed by atoms with E-state index < -0.39 is 0 Å². The van der Waals surface area contributed by atoms with Crippen molar-refractivity contribution in [1.29, 1.82) is 0 Å². The number of hydrogen-bond acceptors (Lipinski definition) is 2. The van der Waals surface area contributed by atoms with Gasteiger partial charge in [-0.15, -0.1) is 0 Å². The molecule has 1 saturated carbocycles. The first-order chi connectivity index (χ1) is 12.0. The van der Waals surface area contributed by atoms with E-state index in [9.17, 15) is 4.79 Å². The molecule has 132 valence electrons. The van der Waals surface area contributed by atoms with Crippen molar-refractivity contribution in [1.82, 2.24) is 0 Å². The number of rotatable bonds is 6. The van der Waals surface area contributed by atoms with Crippen LogP contribution in [-0.2, 0) is 11.4 Å². The van der Waals surface area contributed by atoms with Crippen molar-refractivity contribution < 1.29 is 9.53 Å². The molecule has 2 aromatic rings. The van der Waals surface area contributed by atoms with Crippen LogP contribution in [0, 0.1) is 5.92 Å². The lowest BCUT2D eigenvalue weighted by atomic mass is 9.82. The van der Waals surface area contributed by atoms with Gasteiger partial charge in [0.15, 0.2) is 0 Å². The fourth-order valence-electron chi connectivity index (χ4n) is 3.70. The molecule has 0 saturated heterocycles. The number of ketones is 1. The van der Waals surface area contributed by atoms with Gasteiger partial charge in [-0.2, -0.15) is 0 Å². The van der Waals surface area contributed by atoms with Gasteiger partial charge in [0.25, 0.3) is 0 Å². The third-order valence-corrected chi connectivity index (χ3v) is 5.68. The van der Waals surface area contributed by atoms with Crippen LogP contribution >= 0.6 is 23.2 Å². The van der Waals surface area contributed by atoms with Crippen LogP contribution in [0.15, 0.2) is 42.5 Å². The molecule has 4 heteroatoms. The van der Waals surface area contributed by atoms with E-state index in [0.29, 0.717) is 22.6 Å². The minimum absolute atomic E-state index is 0.0200. The number of benzene rings is 2. The van der Waals surface area contributed by atoms with Gasteiger partial charge in [-0.3, -0.25) is 4.79 Å². The van der Waals surface area contributed by atoms with Crippen LogP contribution in [0.2, 0.25) is 10.0 Å². The average molecular weight is 377 g/mol. The van der Waals surface area contributed by atoms with Crippen LogP contribution in [0.4, 0.5) is 0 Å². The Bertz CT molecular complexity index is 734. The highest BCUT2D eigenvalue weighted by Crippen LogP contribution is 2.38. The second-order valence-electron chi connectivity index (χ2n) is 6.74. The second-order valence-corrected chi connectivity index (χ2v) is 7.55. The molecule has 1 unspecified atom stereocenters. The lowest BCUT2D eigenvalue weighted by Crippen LogP contribution is -2.17. The monoisotopic (exact) mass is 376 g/mol. The first-order valence-electron chi connectivity index (χ1n) is 8.72. The predicted octanol–water partition coefficient (Wildman–Crippen LogP) is 6.44. The molecule has 3 rings (SSSR count). The summed E-state index contributed by atoms with van der Waals surface area (Å²) in [4.78, 5) is 12.1. The maximum Gasteiger partial charge on any atom is 0.137 e. The van der Waals surface area contributed by atoms with Gasteiger partial charge in [-0.05, 0) is 61.1 Å². The van der Waals surface area contributed by atoms with E-state index >= 15 is 0 Å². The fourth-order valence-corrected chi connectivity index (χ4v) is 4.02. The van der Waals surface area contributed by atoms with Gasteiger partial charge in [0, 0.05) is 5.92 Å². The van der Waals surface area contributed by atoms with Gasteiger partial charge in [-0.1, -0.05) is 54.2 Å². The summed E-state index contributed by atoms with van der Waals surface area (Å²) in [6.07, 6.45) is 4.78. The molecule has 0 amide bonds. The maximum atomic E-state index is 12.1. The Labute approximate surface area is 159 Å². The number of hydrogen-bond donors (Lipinski definition) is 0. The van der Waals surface area contributed by atoms with Crippen molar-refractivity contribution in [2.75, 3.05) is 0 Å².